The van der Waals surface area contributed by atoms with Crippen LogP contribution in [0.2, 0.25) is 0 Å². The molecule has 1 unspecified atom stereocenters. The van der Waals surface area contributed by atoms with Gasteiger partial charge in [-0.1, -0.05) is 54.9 Å². The molecule has 1 rings (SSSR count). The molecule has 0 radical (unpaired) electrons. The van der Waals surface area contributed by atoms with Crippen molar-refractivity contribution < 1.29 is 23.9 Å². The minimum Gasteiger partial charge on any atom is -0.507 e. The van der Waals surface area contributed by atoms with E-state index in [0.29, 0.717) is 17.7 Å². The number of hydrogen-bond donors (Lipinski definition) is 2. The standard InChI is InChI=1S/C22H33O5P/c1-8-9-10-16(19(23)14-27-28(25)26)11-15-12-17(21(2,3)4)20(24)18(13-15)22(5,6)7/h11-13H,8-10,14H2,1-7H3,(H-,23,24,25,26)/p+1. The van der Waals surface area contributed by atoms with Crippen LogP contribution in [0.3, 0.4) is 0 Å². The van der Waals surface area contributed by atoms with E-state index in [1.165, 1.54) is 0 Å². The monoisotopic (exact) mass is 409 g/mol. The van der Waals surface area contributed by atoms with Gasteiger partial charge in [-0.2, -0.15) is 0 Å². The number of rotatable bonds is 8. The number of carbonyl (C=O) groups excluding carboxylic acids is 1. The van der Waals surface area contributed by atoms with Crippen LogP contribution in [0.4, 0.5) is 0 Å². The Labute approximate surface area is 169 Å². The van der Waals surface area contributed by atoms with Crippen LogP contribution in [0.15, 0.2) is 17.7 Å². The highest BCUT2D eigenvalue weighted by molar-refractivity contribution is 7.32. The molecule has 1 aromatic rings. The van der Waals surface area contributed by atoms with Crippen molar-refractivity contribution in [3.63, 3.8) is 0 Å². The van der Waals surface area contributed by atoms with Crippen molar-refractivity contribution in [3.8, 4) is 5.75 Å². The maximum Gasteiger partial charge on any atom is 0.695 e. The highest BCUT2D eigenvalue weighted by Crippen LogP contribution is 2.40. The highest BCUT2D eigenvalue weighted by Gasteiger charge is 2.26. The fourth-order valence-electron chi connectivity index (χ4n) is 2.95. The summed E-state index contributed by atoms with van der Waals surface area (Å²) in [6.45, 7) is 13.9. The van der Waals surface area contributed by atoms with E-state index in [-0.39, 0.29) is 16.6 Å². The molecule has 0 aromatic heterocycles. The number of ketones is 1. The zero-order chi connectivity index (χ0) is 21.7. The van der Waals surface area contributed by atoms with E-state index in [4.69, 9.17) is 4.89 Å². The minimum atomic E-state index is -2.81. The van der Waals surface area contributed by atoms with Gasteiger partial charge in [0.2, 0.25) is 0 Å². The van der Waals surface area contributed by atoms with Crippen LogP contribution in [-0.4, -0.2) is 22.4 Å². The van der Waals surface area contributed by atoms with Crippen molar-refractivity contribution in [2.24, 2.45) is 0 Å². The van der Waals surface area contributed by atoms with Crippen LogP contribution in [0.25, 0.3) is 6.08 Å². The molecule has 0 bridgehead atoms. The molecule has 0 amide bonds. The molecule has 0 heterocycles. The zero-order valence-electron chi connectivity index (χ0n) is 18.1. The van der Waals surface area contributed by atoms with E-state index in [1.807, 2.05) is 66.7 Å². The molecule has 28 heavy (non-hydrogen) atoms. The van der Waals surface area contributed by atoms with E-state index in [0.717, 1.165) is 29.5 Å². The van der Waals surface area contributed by atoms with Gasteiger partial charge in [-0.25, -0.2) is 0 Å². The van der Waals surface area contributed by atoms with Gasteiger partial charge in [0, 0.05) is 15.7 Å². The molecule has 0 saturated heterocycles. The van der Waals surface area contributed by atoms with Crippen LogP contribution in [-0.2, 0) is 24.7 Å². The molecule has 2 N–H and O–H groups in total. The number of hydrogen-bond acceptors (Lipinski definition) is 4. The predicted octanol–water partition coefficient (Wildman–Crippen LogP) is 5.80. The van der Waals surface area contributed by atoms with Crippen molar-refractivity contribution in [3.05, 3.63) is 34.4 Å². The molecular weight excluding hydrogens is 375 g/mol. The van der Waals surface area contributed by atoms with Gasteiger partial charge < -0.3 is 5.11 Å². The summed E-state index contributed by atoms with van der Waals surface area (Å²) in [4.78, 5) is 21.3. The number of unbranched alkanes of at least 4 members (excludes halogenated alkanes) is 1. The first-order valence-electron chi connectivity index (χ1n) is 9.68. The van der Waals surface area contributed by atoms with Crippen LogP contribution < -0.4 is 0 Å². The second-order valence-electron chi connectivity index (χ2n) is 9.17. The Bertz CT molecular complexity index is 716. The lowest BCUT2D eigenvalue weighted by Crippen LogP contribution is -2.17. The highest BCUT2D eigenvalue weighted by atomic mass is 31.1. The van der Waals surface area contributed by atoms with E-state index < -0.39 is 14.9 Å². The molecule has 0 saturated carbocycles. The van der Waals surface area contributed by atoms with Gasteiger partial charge in [0.15, 0.2) is 12.4 Å². The number of phenolic OH excluding ortho intramolecular Hbond substituents is 1. The maximum absolute atomic E-state index is 12.5. The SMILES string of the molecule is CCCCC(=Cc1cc(C(C)(C)C)c(O)c(C(C)(C)C)c1)C(=O)CO[P+](=O)O. The summed E-state index contributed by atoms with van der Waals surface area (Å²) in [6, 6.07) is 3.83. The topological polar surface area (TPSA) is 83.8 Å². The average molecular weight is 409 g/mol. The summed E-state index contributed by atoms with van der Waals surface area (Å²) >= 11 is 0. The van der Waals surface area contributed by atoms with E-state index in [9.17, 15) is 14.5 Å². The van der Waals surface area contributed by atoms with E-state index in [2.05, 4.69) is 4.52 Å². The molecule has 1 aromatic carbocycles. The van der Waals surface area contributed by atoms with Gasteiger partial charge in [0.05, 0.1) is 0 Å². The maximum atomic E-state index is 12.5. The molecule has 0 spiro atoms. The third-order valence-corrected chi connectivity index (χ3v) is 4.90. The Morgan fingerprint density at radius 2 is 1.61 bits per heavy atom. The number of aromatic hydroxyl groups is 1. The third-order valence-electron chi connectivity index (χ3n) is 4.55. The van der Waals surface area contributed by atoms with Crippen molar-refractivity contribution in [1.82, 2.24) is 0 Å². The van der Waals surface area contributed by atoms with Crippen molar-refractivity contribution >= 4 is 20.1 Å². The number of phenols is 1. The molecule has 156 valence electrons. The van der Waals surface area contributed by atoms with Crippen molar-refractivity contribution in [1.29, 1.82) is 0 Å². The summed E-state index contributed by atoms with van der Waals surface area (Å²) in [5, 5.41) is 10.8. The smallest absolute Gasteiger partial charge is 0.507 e. The summed E-state index contributed by atoms with van der Waals surface area (Å²) < 4.78 is 15.4. The number of Topliss-reactive ketones (excluding diaryl/α,β-unsaturated/α-hetero) is 1. The van der Waals surface area contributed by atoms with E-state index >= 15 is 0 Å². The molecule has 0 aliphatic carbocycles. The van der Waals surface area contributed by atoms with Gasteiger partial charge in [-0.15, -0.1) is 9.42 Å². The summed E-state index contributed by atoms with van der Waals surface area (Å²) in [5.74, 6) is -0.00672. The number of benzene rings is 1. The summed E-state index contributed by atoms with van der Waals surface area (Å²) in [5.41, 5.74) is 2.51. The normalized spacial score (nSPS) is 13.6. The summed E-state index contributed by atoms with van der Waals surface area (Å²) in [6.07, 6.45) is 4.14. The fourth-order valence-corrected chi connectivity index (χ4v) is 3.18. The van der Waals surface area contributed by atoms with Crippen molar-refractivity contribution in [2.75, 3.05) is 6.61 Å². The molecule has 1 atom stereocenters. The van der Waals surface area contributed by atoms with E-state index in [1.54, 1.807) is 0 Å². The fraction of sp³-hybridized carbons (Fsp3) is 0.591. The Hall–Kier alpha value is -1.55. The van der Waals surface area contributed by atoms with Crippen LogP contribution >= 0.6 is 8.25 Å². The zero-order valence-corrected chi connectivity index (χ0v) is 19.0. The Kier molecular flexibility index (Phi) is 8.55. The predicted molar refractivity (Wildman–Crippen MR) is 114 cm³/mol. The Balaban J connectivity index is 3.50. The first kappa shape index (κ1) is 24.5. The second-order valence-corrected chi connectivity index (χ2v) is 9.91. The molecule has 5 nitrogen and oxygen atoms in total. The molecular formula is C22H34O5P+. The molecule has 0 aliphatic heterocycles. The van der Waals surface area contributed by atoms with Crippen molar-refractivity contribution in [2.45, 2.75) is 78.6 Å². The second kappa shape index (κ2) is 9.78. The molecule has 6 heteroatoms. The third kappa shape index (κ3) is 7.12. The molecule has 0 aliphatic rings. The van der Waals surface area contributed by atoms with Gasteiger partial charge in [0.25, 0.3) is 0 Å². The largest absolute Gasteiger partial charge is 0.695 e. The summed E-state index contributed by atoms with van der Waals surface area (Å²) in [7, 11) is -2.81. The van der Waals surface area contributed by atoms with Crippen LogP contribution in [0, 0.1) is 0 Å². The lowest BCUT2D eigenvalue weighted by molar-refractivity contribution is -0.117. The first-order valence-corrected chi connectivity index (χ1v) is 10.8. The lowest BCUT2D eigenvalue weighted by atomic mass is 9.78. The first-order chi connectivity index (χ1) is 12.8. The minimum absolute atomic E-state index is 0.264. The van der Waals surface area contributed by atoms with Crippen LogP contribution in [0.1, 0.15) is 84.4 Å². The van der Waals surface area contributed by atoms with Gasteiger partial charge in [-0.3, -0.25) is 4.79 Å². The quantitative estimate of drug-likeness (QED) is 0.419. The van der Waals surface area contributed by atoms with Gasteiger partial charge in [-0.05, 0) is 53.0 Å². The Morgan fingerprint density at radius 1 is 1.11 bits per heavy atom. The average Bonchev–Trinajstić information content (AvgIpc) is 2.55. The van der Waals surface area contributed by atoms with Gasteiger partial charge >= 0.3 is 8.25 Å². The Morgan fingerprint density at radius 3 is 2.00 bits per heavy atom. The number of carbonyl (C=O) groups is 1. The lowest BCUT2D eigenvalue weighted by Gasteiger charge is -2.28. The molecule has 0 fully saturated rings. The van der Waals surface area contributed by atoms with Gasteiger partial charge in [0.1, 0.15) is 5.75 Å². The van der Waals surface area contributed by atoms with Crippen LogP contribution in [0.5, 0.6) is 5.75 Å².